The average molecular weight is 285 g/mol. The molecule has 21 heavy (non-hydrogen) atoms. The number of fused-ring (bicyclic) bond motifs is 1. The first-order chi connectivity index (χ1) is 9.94. The van der Waals surface area contributed by atoms with Crippen LogP contribution in [0.15, 0.2) is 40.8 Å². The molecule has 1 N–H and O–H groups in total. The summed E-state index contributed by atoms with van der Waals surface area (Å²) in [7, 11) is 0. The van der Waals surface area contributed by atoms with Crippen molar-refractivity contribution in [1.82, 2.24) is 5.32 Å². The lowest BCUT2D eigenvalue weighted by Gasteiger charge is -2.38. The van der Waals surface area contributed by atoms with Crippen molar-refractivity contribution in [3.63, 3.8) is 0 Å². The number of furan rings is 1. The second-order valence-corrected chi connectivity index (χ2v) is 6.49. The van der Waals surface area contributed by atoms with Gasteiger partial charge in [-0.1, -0.05) is 18.2 Å². The van der Waals surface area contributed by atoms with Crippen LogP contribution in [-0.4, -0.2) is 5.60 Å². The fourth-order valence-corrected chi connectivity index (χ4v) is 3.02. The molecule has 3 heteroatoms. The highest BCUT2D eigenvalue weighted by atomic mass is 16.5. The van der Waals surface area contributed by atoms with E-state index in [1.165, 1.54) is 5.56 Å². The third kappa shape index (κ3) is 2.98. The van der Waals surface area contributed by atoms with Crippen LogP contribution in [0.2, 0.25) is 0 Å². The third-order valence-electron chi connectivity index (χ3n) is 4.02. The molecule has 3 nitrogen and oxygen atoms in total. The Morgan fingerprint density at radius 1 is 1.19 bits per heavy atom. The molecule has 0 fully saturated rings. The highest BCUT2D eigenvalue weighted by Gasteiger charge is 2.34. The molecule has 0 bridgehead atoms. The van der Waals surface area contributed by atoms with E-state index in [1.54, 1.807) is 0 Å². The molecule has 0 aliphatic carbocycles. The van der Waals surface area contributed by atoms with Crippen molar-refractivity contribution in [1.29, 1.82) is 0 Å². The van der Waals surface area contributed by atoms with Gasteiger partial charge >= 0.3 is 0 Å². The minimum atomic E-state index is -0.162. The summed E-state index contributed by atoms with van der Waals surface area (Å²) in [5.41, 5.74) is 1.07. The summed E-state index contributed by atoms with van der Waals surface area (Å²) in [5, 5.41) is 3.69. The number of nitrogens with one attached hydrogen (secondary N) is 1. The van der Waals surface area contributed by atoms with Crippen LogP contribution < -0.4 is 10.1 Å². The first-order valence-corrected chi connectivity index (χ1v) is 7.55. The molecule has 3 rings (SSSR count). The molecule has 1 aromatic carbocycles. The highest BCUT2D eigenvalue weighted by Crippen LogP contribution is 2.40. The van der Waals surface area contributed by atoms with Crippen LogP contribution in [0.4, 0.5) is 0 Å². The molecule has 0 saturated carbocycles. The number of para-hydroxylation sites is 1. The standard InChI is InChI=1S/C18H23NO2/c1-12-9-10-16(20-12)13(2)19-15-11-18(3,4)21-17-8-6-5-7-14(15)17/h5-10,13,15,19H,11H2,1-4H3. The quantitative estimate of drug-likeness (QED) is 0.899. The minimum Gasteiger partial charge on any atom is -0.487 e. The zero-order valence-electron chi connectivity index (χ0n) is 13.1. The van der Waals surface area contributed by atoms with Crippen LogP contribution in [-0.2, 0) is 0 Å². The molecule has 1 aliphatic rings. The van der Waals surface area contributed by atoms with E-state index in [0.717, 1.165) is 23.7 Å². The van der Waals surface area contributed by atoms with Gasteiger partial charge in [-0.15, -0.1) is 0 Å². The predicted molar refractivity (Wildman–Crippen MR) is 83.5 cm³/mol. The van der Waals surface area contributed by atoms with Crippen LogP contribution in [0.1, 0.15) is 56.4 Å². The fraction of sp³-hybridized carbons (Fsp3) is 0.444. The Bertz CT molecular complexity index is 630. The number of aryl methyl sites for hydroxylation is 1. The number of rotatable bonds is 3. The van der Waals surface area contributed by atoms with Gasteiger partial charge in [0.05, 0.1) is 6.04 Å². The summed E-state index contributed by atoms with van der Waals surface area (Å²) < 4.78 is 11.8. The zero-order valence-corrected chi connectivity index (χ0v) is 13.1. The smallest absolute Gasteiger partial charge is 0.124 e. The summed E-state index contributed by atoms with van der Waals surface area (Å²) in [6.45, 7) is 8.39. The molecule has 2 unspecified atom stereocenters. The highest BCUT2D eigenvalue weighted by molar-refractivity contribution is 5.38. The maximum Gasteiger partial charge on any atom is 0.124 e. The molecule has 2 aromatic rings. The fourth-order valence-electron chi connectivity index (χ4n) is 3.02. The molecule has 1 aromatic heterocycles. The van der Waals surface area contributed by atoms with E-state index in [4.69, 9.17) is 9.15 Å². The lowest BCUT2D eigenvalue weighted by Crippen LogP contribution is -2.40. The SMILES string of the molecule is Cc1ccc(C(C)NC2CC(C)(C)Oc3ccccc32)o1. The van der Waals surface area contributed by atoms with Gasteiger partial charge in [0.1, 0.15) is 22.9 Å². The van der Waals surface area contributed by atoms with Crippen LogP contribution in [0.5, 0.6) is 5.75 Å². The van der Waals surface area contributed by atoms with Gasteiger partial charge in [0.2, 0.25) is 0 Å². The maximum atomic E-state index is 6.08. The minimum absolute atomic E-state index is 0.162. The number of hydrogen-bond acceptors (Lipinski definition) is 3. The summed E-state index contributed by atoms with van der Waals surface area (Å²) in [6, 6.07) is 12.8. The molecule has 2 atom stereocenters. The molecule has 0 saturated heterocycles. The number of benzene rings is 1. The van der Waals surface area contributed by atoms with Gasteiger partial charge in [-0.2, -0.15) is 0 Å². The third-order valence-corrected chi connectivity index (χ3v) is 4.02. The first-order valence-electron chi connectivity index (χ1n) is 7.55. The van der Waals surface area contributed by atoms with Crippen molar-refractivity contribution >= 4 is 0 Å². The first kappa shape index (κ1) is 14.2. The van der Waals surface area contributed by atoms with Gasteiger partial charge in [-0.25, -0.2) is 0 Å². The van der Waals surface area contributed by atoms with E-state index in [9.17, 15) is 0 Å². The van der Waals surface area contributed by atoms with Crippen molar-refractivity contribution < 1.29 is 9.15 Å². The van der Waals surface area contributed by atoms with Crippen molar-refractivity contribution in [2.24, 2.45) is 0 Å². The van der Waals surface area contributed by atoms with E-state index in [0.29, 0.717) is 0 Å². The molecule has 0 spiro atoms. The van der Waals surface area contributed by atoms with Crippen molar-refractivity contribution in [2.45, 2.75) is 51.8 Å². The second-order valence-electron chi connectivity index (χ2n) is 6.49. The topological polar surface area (TPSA) is 34.4 Å². The lowest BCUT2D eigenvalue weighted by atomic mass is 9.89. The molecular weight excluding hydrogens is 262 g/mol. The predicted octanol–water partition coefficient (Wildman–Crippen LogP) is 4.54. The summed E-state index contributed by atoms with van der Waals surface area (Å²) >= 11 is 0. The Morgan fingerprint density at radius 2 is 1.95 bits per heavy atom. The van der Waals surface area contributed by atoms with Crippen LogP contribution in [0, 0.1) is 6.92 Å². The summed E-state index contributed by atoms with van der Waals surface area (Å²) in [4.78, 5) is 0. The summed E-state index contributed by atoms with van der Waals surface area (Å²) in [6.07, 6.45) is 0.939. The van der Waals surface area contributed by atoms with Crippen molar-refractivity contribution in [3.05, 3.63) is 53.5 Å². The molecule has 0 amide bonds. The monoisotopic (exact) mass is 285 g/mol. The van der Waals surface area contributed by atoms with Gasteiger partial charge < -0.3 is 14.5 Å². The van der Waals surface area contributed by atoms with E-state index < -0.39 is 0 Å². The Morgan fingerprint density at radius 3 is 2.67 bits per heavy atom. The van der Waals surface area contributed by atoms with E-state index >= 15 is 0 Å². The van der Waals surface area contributed by atoms with E-state index in [1.807, 2.05) is 31.2 Å². The van der Waals surface area contributed by atoms with E-state index in [-0.39, 0.29) is 17.7 Å². The molecule has 0 radical (unpaired) electrons. The van der Waals surface area contributed by atoms with Gasteiger partial charge in [0.25, 0.3) is 0 Å². The van der Waals surface area contributed by atoms with Crippen molar-refractivity contribution in [2.75, 3.05) is 0 Å². The molecule has 1 aliphatic heterocycles. The molecular formula is C18H23NO2. The van der Waals surface area contributed by atoms with Gasteiger partial charge in [0.15, 0.2) is 0 Å². The maximum absolute atomic E-state index is 6.08. The zero-order chi connectivity index (χ0) is 15.0. The van der Waals surface area contributed by atoms with Crippen LogP contribution in [0.25, 0.3) is 0 Å². The molecule has 2 heterocycles. The average Bonchev–Trinajstić information content (AvgIpc) is 2.84. The van der Waals surface area contributed by atoms with Crippen molar-refractivity contribution in [3.8, 4) is 5.75 Å². The normalized spacial score (nSPS) is 21.4. The Hall–Kier alpha value is -1.74. The Balaban J connectivity index is 1.84. The van der Waals surface area contributed by atoms with Crippen LogP contribution in [0.3, 0.4) is 0 Å². The van der Waals surface area contributed by atoms with Gasteiger partial charge in [-0.05, 0) is 45.9 Å². The van der Waals surface area contributed by atoms with E-state index in [2.05, 4.69) is 38.2 Å². The Kier molecular flexibility index (Phi) is 3.54. The lowest BCUT2D eigenvalue weighted by molar-refractivity contribution is 0.0634. The van der Waals surface area contributed by atoms with Crippen LogP contribution >= 0.6 is 0 Å². The number of ether oxygens (including phenoxy) is 1. The summed E-state index contributed by atoms with van der Waals surface area (Å²) in [5.74, 6) is 2.91. The molecule has 112 valence electrons. The second kappa shape index (κ2) is 5.23. The Labute approximate surface area is 126 Å². The van der Waals surface area contributed by atoms with Gasteiger partial charge in [0, 0.05) is 18.0 Å². The number of hydrogen-bond donors (Lipinski definition) is 1. The largest absolute Gasteiger partial charge is 0.487 e. The van der Waals surface area contributed by atoms with Gasteiger partial charge in [-0.3, -0.25) is 0 Å².